The van der Waals surface area contributed by atoms with Crippen molar-refractivity contribution in [2.24, 2.45) is 4.99 Å². The third-order valence-electron chi connectivity index (χ3n) is 5.90. The molecule has 1 aromatic carbocycles. The number of carbonyl (C=O) groups is 1. The summed E-state index contributed by atoms with van der Waals surface area (Å²) in [4.78, 5) is 25.9. The molecule has 0 radical (unpaired) electrons. The maximum Gasteiger partial charge on any atom is 0.253 e. The number of nitrogens with two attached hydrogens (primary N) is 1. The number of aliphatic imine (C=N–C) groups is 1. The van der Waals surface area contributed by atoms with Gasteiger partial charge in [-0.15, -0.1) is 0 Å². The summed E-state index contributed by atoms with van der Waals surface area (Å²) in [6, 6.07) is 9.60. The summed E-state index contributed by atoms with van der Waals surface area (Å²) >= 11 is 6.10. The maximum atomic E-state index is 13.2. The van der Waals surface area contributed by atoms with Crippen molar-refractivity contribution in [3.63, 3.8) is 0 Å². The fraction of sp³-hybridized carbons (Fsp3) is 0.185. The highest BCUT2D eigenvalue weighted by atomic mass is 35.5. The first-order valence-electron chi connectivity index (χ1n) is 11.1. The SMILES string of the molecule is C=Nc1ccc(Cn2cc(C(=O)NCc3c(C)cc(N)nc3C)c3ccncc32)cc1/C=C(\C)Cl. The Balaban J connectivity index is 1.64. The predicted octanol–water partition coefficient (Wildman–Crippen LogP) is 5.54. The van der Waals surface area contributed by atoms with Crippen LogP contribution in [0.15, 0.2) is 58.9 Å². The van der Waals surface area contributed by atoms with E-state index in [1.165, 1.54) is 0 Å². The van der Waals surface area contributed by atoms with E-state index in [0.29, 0.717) is 29.5 Å². The topological polar surface area (TPSA) is 98.2 Å². The van der Waals surface area contributed by atoms with Crippen LogP contribution in [0.2, 0.25) is 0 Å². The van der Waals surface area contributed by atoms with Gasteiger partial charge in [0.15, 0.2) is 0 Å². The average Bonchev–Trinajstić information content (AvgIpc) is 3.16. The number of nitrogens with one attached hydrogen (secondary N) is 1. The lowest BCUT2D eigenvalue weighted by Crippen LogP contribution is -2.24. The summed E-state index contributed by atoms with van der Waals surface area (Å²) in [5.41, 5.74) is 12.7. The van der Waals surface area contributed by atoms with Gasteiger partial charge in [-0.1, -0.05) is 17.7 Å². The number of hydrogen-bond donors (Lipinski definition) is 2. The smallest absolute Gasteiger partial charge is 0.253 e. The molecule has 0 bridgehead atoms. The van der Waals surface area contributed by atoms with E-state index in [-0.39, 0.29) is 5.91 Å². The van der Waals surface area contributed by atoms with Crippen LogP contribution in [0.5, 0.6) is 0 Å². The van der Waals surface area contributed by atoms with Crippen molar-refractivity contribution < 1.29 is 4.79 Å². The molecule has 0 aliphatic rings. The Morgan fingerprint density at radius 3 is 2.80 bits per heavy atom. The van der Waals surface area contributed by atoms with E-state index >= 15 is 0 Å². The van der Waals surface area contributed by atoms with Crippen LogP contribution in [-0.4, -0.2) is 27.2 Å². The number of amides is 1. The summed E-state index contributed by atoms with van der Waals surface area (Å²) in [5.74, 6) is 0.311. The minimum absolute atomic E-state index is 0.164. The highest BCUT2D eigenvalue weighted by Gasteiger charge is 2.17. The van der Waals surface area contributed by atoms with Gasteiger partial charge in [0.25, 0.3) is 5.91 Å². The second-order valence-corrected chi connectivity index (χ2v) is 9.05. The molecule has 4 aromatic rings. The van der Waals surface area contributed by atoms with E-state index in [2.05, 4.69) is 27.0 Å². The first-order valence-corrected chi connectivity index (χ1v) is 11.5. The molecule has 3 N–H and O–H groups in total. The van der Waals surface area contributed by atoms with Crippen LogP contribution in [0, 0.1) is 13.8 Å². The van der Waals surface area contributed by atoms with Gasteiger partial charge in [0.1, 0.15) is 5.82 Å². The van der Waals surface area contributed by atoms with Crippen molar-refractivity contribution in [2.75, 3.05) is 5.73 Å². The number of carbonyl (C=O) groups excluding carboxylic acids is 1. The zero-order valence-electron chi connectivity index (χ0n) is 20.0. The highest BCUT2D eigenvalue weighted by molar-refractivity contribution is 6.31. The van der Waals surface area contributed by atoms with E-state index in [0.717, 1.165) is 44.5 Å². The Bertz CT molecular complexity index is 1440. The first-order chi connectivity index (χ1) is 16.8. The zero-order valence-corrected chi connectivity index (χ0v) is 20.7. The van der Waals surface area contributed by atoms with Gasteiger partial charge >= 0.3 is 0 Å². The number of pyridine rings is 2. The van der Waals surface area contributed by atoms with Crippen molar-refractivity contribution >= 4 is 52.7 Å². The van der Waals surface area contributed by atoms with Gasteiger partial charge in [0.05, 0.1) is 23.0 Å². The van der Waals surface area contributed by atoms with E-state index in [1.807, 2.05) is 67.9 Å². The summed E-state index contributed by atoms with van der Waals surface area (Å²) in [7, 11) is 0. The van der Waals surface area contributed by atoms with Gasteiger partial charge in [-0.25, -0.2) is 4.98 Å². The quantitative estimate of drug-likeness (QED) is 0.335. The summed E-state index contributed by atoms with van der Waals surface area (Å²) < 4.78 is 2.02. The molecule has 0 spiro atoms. The summed E-state index contributed by atoms with van der Waals surface area (Å²) in [6.07, 6.45) is 7.19. The number of nitrogens with zero attached hydrogens (tertiary/aromatic N) is 4. The minimum atomic E-state index is -0.164. The lowest BCUT2D eigenvalue weighted by molar-refractivity contribution is 0.0952. The molecule has 1 amide bonds. The fourth-order valence-corrected chi connectivity index (χ4v) is 4.36. The molecule has 3 aromatic heterocycles. The van der Waals surface area contributed by atoms with Gasteiger partial charge < -0.3 is 15.6 Å². The molecule has 7 nitrogen and oxygen atoms in total. The number of benzene rings is 1. The van der Waals surface area contributed by atoms with Crippen LogP contribution in [0.3, 0.4) is 0 Å². The third kappa shape index (κ3) is 5.25. The molecule has 4 rings (SSSR count). The number of allylic oxidation sites excluding steroid dienone is 1. The molecule has 178 valence electrons. The molecule has 0 saturated heterocycles. The number of aryl methyl sites for hydroxylation is 2. The number of rotatable bonds is 7. The Hall–Kier alpha value is -3.97. The maximum absolute atomic E-state index is 13.2. The van der Waals surface area contributed by atoms with Gasteiger partial charge in [0.2, 0.25) is 0 Å². The largest absolute Gasteiger partial charge is 0.384 e. The van der Waals surface area contributed by atoms with Crippen molar-refractivity contribution in [1.82, 2.24) is 19.9 Å². The van der Waals surface area contributed by atoms with Crippen molar-refractivity contribution in [3.05, 3.63) is 87.5 Å². The Kier molecular flexibility index (Phi) is 6.98. The molecule has 0 fully saturated rings. The van der Waals surface area contributed by atoms with E-state index in [9.17, 15) is 4.79 Å². The molecule has 0 unspecified atom stereocenters. The van der Waals surface area contributed by atoms with Crippen molar-refractivity contribution in [1.29, 1.82) is 0 Å². The van der Waals surface area contributed by atoms with Crippen LogP contribution in [0.25, 0.3) is 17.0 Å². The van der Waals surface area contributed by atoms with Crippen LogP contribution >= 0.6 is 11.6 Å². The highest BCUT2D eigenvalue weighted by Crippen LogP contribution is 2.26. The van der Waals surface area contributed by atoms with Gasteiger partial charge in [-0.05, 0) is 74.5 Å². The Morgan fingerprint density at radius 2 is 2.09 bits per heavy atom. The Labute approximate surface area is 209 Å². The third-order valence-corrected chi connectivity index (χ3v) is 6.01. The molecule has 0 aliphatic carbocycles. The normalized spacial score (nSPS) is 11.6. The number of aromatic nitrogens is 3. The lowest BCUT2D eigenvalue weighted by atomic mass is 10.1. The van der Waals surface area contributed by atoms with Crippen LogP contribution in [-0.2, 0) is 13.1 Å². The minimum Gasteiger partial charge on any atom is -0.384 e. The first kappa shape index (κ1) is 24.2. The predicted molar refractivity (Wildman–Crippen MR) is 143 cm³/mol. The molecular weight excluding hydrogens is 460 g/mol. The zero-order chi connectivity index (χ0) is 25.1. The monoisotopic (exact) mass is 486 g/mol. The van der Waals surface area contributed by atoms with Gasteiger partial charge in [-0.2, -0.15) is 0 Å². The fourth-order valence-electron chi connectivity index (χ4n) is 4.24. The number of fused-ring (bicyclic) bond motifs is 1. The van der Waals surface area contributed by atoms with E-state index in [4.69, 9.17) is 17.3 Å². The Morgan fingerprint density at radius 1 is 1.29 bits per heavy atom. The van der Waals surface area contributed by atoms with Gasteiger partial charge in [0, 0.05) is 47.2 Å². The molecular formula is C27H27ClN6O. The average molecular weight is 487 g/mol. The van der Waals surface area contributed by atoms with Gasteiger partial charge in [-0.3, -0.25) is 14.8 Å². The number of nitrogen functional groups attached to an aromatic ring is 1. The second kappa shape index (κ2) is 10.1. The molecule has 8 heteroatoms. The number of halogens is 1. The number of anilines is 1. The van der Waals surface area contributed by atoms with Crippen LogP contribution in [0.1, 0.15) is 45.2 Å². The van der Waals surface area contributed by atoms with Crippen LogP contribution in [0.4, 0.5) is 11.5 Å². The lowest BCUT2D eigenvalue weighted by Gasteiger charge is -2.11. The molecule has 3 heterocycles. The summed E-state index contributed by atoms with van der Waals surface area (Å²) in [6.45, 7) is 10.2. The molecule has 0 atom stereocenters. The molecule has 0 saturated carbocycles. The van der Waals surface area contributed by atoms with Crippen LogP contribution < -0.4 is 11.1 Å². The van der Waals surface area contributed by atoms with E-state index in [1.54, 1.807) is 12.4 Å². The summed E-state index contributed by atoms with van der Waals surface area (Å²) in [5, 5.41) is 4.53. The van der Waals surface area contributed by atoms with E-state index < -0.39 is 0 Å². The molecule has 35 heavy (non-hydrogen) atoms. The van der Waals surface area contributed by atoms with Crippen molar-refractivity contribution in [2.45, 2.75) is 33.9 Å². The molecule has 0 aliphatic heterocycles. The number of hydrogen-bond acceptors (Lipinski definition) is 5. The standard InChI is InChI=1S/C27H27ClN6O/c1-16-9-26(29)33-18(3)22(16)12-32-27(35)23-15-34(25-13-31-8-7-21(23)25)14-19-5-6-24(30-4)20(11-19)10-17(2)28/h5-11,13,15H,4,12,14H2,1-3H3,(H2,29,33)(H,32,35)/b17-10+. The second-order valence-electron chi connectivity index (χ2n) is 8.46. The van der Waals surface area contributed by atoms with Crippen molar-refractivity contribution in [3.8, 4) is 0 Å².